The first kappa shape index (κ1) is 18.7. The first-order chi connectivity index (χ1) is 12.8. The minimum atomic E-state index is -4.23. The smallest absolute Gasteiger partial charge is 0.374 e. The SMILES string of the molecule is COC(=O)c1ccc(S(=O)(=O)n2ccc(C(=O)Nc3ccccc3Cl)n2)o1. The molecule has 1 aromatic carbocycles. The van der Waals surface area contributed by atoms with E-state index >= 15 is 0 Å². The Morgan fingerprint density at radius 3 is 2.63 bits per heavy atom. The van der Waals surface area contributed by atoms with Gasteiger partial charge in [-0.05, 0) is 30.3 Å². The zero-order chi connectivity index (χ0) is 19.6. The summed E-state index contributed by atoms with van der Waals surface area (Å²) in [5, 5.41) is 6.09. The van der Waals surface area contributed by atoms with E-state index in [1.165, 1.54) is 6.07 Å². The van der Waals surface area contributed by atoms with Gasteiger partial charge in [0, 0.05) is 6.20 Å². The second kappa shape index (κ2) is 7.25. The Labute approximate surface area is 158 Å². The molecule has 2 heterocycles. The van der Waals surface area contributed by atoms with Crippen molar-refractivity contribution < 1.29 is 27.2 Å². The summed E-state index contributed by atoms with van der Waals surface area (Å²) >= 11 is 5.97. The number of rotatable bonds is 5. The van der Waals surface area contributed by atoms with Crippen LogP contribution < -0.4 is 5.32 Å². The molecular weight excluding hydrogens is 398 g/mol. The molecule has 0 saturated heterocycles. The van der Waals surface area contributed by atoms with Crippen LogP contribution in [-0.4, -0.2) is 36.6 Å². The van der Waals surface area contributed by atoms with Gasteiger partial charge in [-0.25, -0.2) is 4.79 Å². The van der Waals surface area contributed by atoms with Gasteiger partial charge in [-0.3, -0.25) is 4.79 Å². The maximum atomic E-state index is 12.5. The summed E-state index contributed by atoms with van der Waals surface area (Å²) < 4.78 is 35.0. The highest BCUT2D eigenvalue weighted by molar-refractivity contribution is 7.89. The van der Waals surface area contributed by atoms with E-state index in [2.05, 4.69) is 15.2 Å². The van der Waals surface area contributed by atoms with Crippen molar-refractivity contribution in [3.05, 3.63) is 65.1 Å². The number of nitrogens with one attached hydrogen (secondary N) is 1. The predicted octanol–water partition coefficient (Wildman–Crippen LogP) is 2.41. The van der Waals surface area contributed by atoms with E-state index in [0.717, 1.165) is 25.4 Å². The molecule has 3 rings (SSSR count). The number of esters is 1. The highest BCUT2D eigenvalue weighted by Gasteiger charge is 2.25. The molecule has 0 unspecified atom stereocenters. The summed E-state index contributed by atoms with van der Waals surface area (Å²) in [6.45, 7) is 0. The Morgan fingerprint density at radius 2 is 1.93 bits per heavy atom. The second-order valence-electron chi connectivity index (χ2n) is 5.12. The number of para-hydroxylation sites is 1. The second-order valence-corrected chi connectivity index (χ2v) is 7.26. The molecule has 27 heavy (non-hydrogen) atoms. The van der Waals surface area contributed by atoms with Crippen LogP contribution in [-0.2, 0) is 14.8 Å². The lowest BCUT2D eigenvalue weighted by molar-refractivity contribution is 0.0559. The number of amides is 1. The third-order valence-corrected chi connectivity index (χ3v) is 5.14. The standard InChI is InChI=1S/C16H12ClN3O6S/c1-25-16(22)13-6-7-14(26-13)27(23,24)20-9-8-12(19-20)15(21)18-11-5-3-2-4-10(11)17/h2-9H,1H3,(H,18,21). The number of carbonyl (C=O) groups is 2. The molecule has 1 amide bonds. The topological polar surface area (TPSA) is 120 Å². The lowest BCUT2D eigenvalue weighted by atomic mass is 10.3. The number of methoxy groups -OCH3 is 1. The number of halogens is 1. The van der Waals surface area contributed by atoms with Gasteiger partial charge in [0.25, 0.3) is 5.91 Å². The fourth-order valence-corrected chi connectivity index (χ4v) is 3.29. The van der Waals surface area contributed by atoms with Crippen LogP contribution in [0.3, 0.4) is 0 Å². The summed E-state index contributed by atoms with van der Waals surface area (Å²) in [6, 6.07) is 10.0. The number of carbonyl (C=O) groups excluding carboxylic acids is 2. The van der Waals surface area contributed by atoms with Crippen LogP contribution in [0.15, 0.2) is 58.2 Å². The molecule has 0 fully saturated rings. The molecule has 0 aliphatic carbocycles. The fourth-order valence-electron chi connectivity index (χ4n) is 2.07. The van der Waals surface area contributed by atoms with Gasteiger partial charge >= 0.3 is 16.0 Å². The number of ether oxygens (including phenoxy) is 1. The summed E-state index contributed by atoms with van der Waals surface area (Å²) in [5.41, 5.74) is 0.202. The van der Waals surface area contributed by atoms with E-state index in [1.54, 1.807) is 24.3 Å². The van der Waals surface area contributed by atoms with E-state index in [4.69, 9.17) is 16.0 Å². The zero-order valence-corrected chi connectivity index (χ0v) is 15.3. The van der Waals surface area contributed by atoms with Gasteiger partial charge in [0.1, 0.15) is 0 Å². The number of benzene rings is 1. The number of anilines is 1. The molecule has 11 heteroatoms. The average molecular weight is 410 g/mol. The molecule has 0 aliphatic rings. The predicted molar refractivity (Wildman–Crippen MR) is 94.3 cm³/mol. The maximum Gasteiger partial charge on any atom is 0.374 e. The Bertz CT molecular complexity index is 1120. The molecule has 0 saturated carbocycles. The molecule has 1 N–H and O–H groups in total. The van der Waals surface area contributed by atoms with Crippen LogP contribution in [0.2, 0.25) is 5.02 Å². The van der Waals surface area contributed by atoms with Crippen molar-refractivity contribution in [1.29, 1.82) is 0 Å². The molecule has 0 spiro atoms. The van der Waals surface area contributed by atoms with Gasteiger partial charge in [-0.1, -0.05) is 23.7 Å². The van der Waals surface area contributed by atoms with Crippen LogP contribution in [0, 0.1) is 0 Å². The lowest BCUT2D eigenvalue weighted by Crippen LogP contribution is -2.17. The largest absolute Gasteiger partial charge is 0.463 e. The molecule has 9 nitrogen and oxygen atoms in total. The average Bonchev–Trinajstić information content (AvgIpc) is 3.33. The third-order valence-electron chi connectivity index (χ3n) is 3.39. The van der Waals surface area contributed by atoms with Crippen molar-refractivity contribution in [3.63, 3.8) is 0 Å². The highest BCUT2D eigenvalue weighted by atomic mass is 35.5. The van der Waals surface area contributed by atoms with E-state index < -0.39 is 27.0 Å². The van der Waals surface area contributed by atoms with Crippen LogP contribution in [0.5, 0.6) is 0 Å². The minimum Gasteiger partial charge on any atom is -0.463 e. The van der Waals surface area contributed by atoms with Crippen molar-refractivity contribution in [1.82, 2.24) is 9.19 Å². The lowest BCUT2D eigenvalue weighted by Gasteiger charge is -2.05. The first-order valence-corrected chi connectivity index (χ1v) is 9.20. The van der Waals surface area contributed by atoms with Crippen molar-refractivity contribution >= 4 is 39.2 Å². The third kappa shape index (κ3) is 3.71. The Balaban J connectivity index is 1.84. The summed E-state index contributed by atoms with van der Waals surface area (Å²) in [4.78, 5) is 23.6. The zero-order valence-electron chi connectivity index (χ0n) is 13.7. The molecule has 0 atom stereocenters. The number of nitrogens with zero attached hydrogens (tertiary/aromatic N) is 2. The molecule has 3 aromatic rings. The van der Waals surface area contributed by atoms with Crippen LogP contribution in [0.4, 0.5) is 5.69 Å². The first-order valence-electron chi connectivity index (χ1n) is 7.38. The van der Waals surface area contributed by atoms with E-state index in [0.29, 0.717) is 14.8 Å². The van der Waals surface area contributed by atoms with Gasteiger partial charge in [0.05, 0.1) is 17.8 Å². The summed E-state index contributed by atoms with van der Waals surface area (Å²) in [7, 11) is -3.09. The minimum absolute atomic E-state index is 0.154. The van der Waals surface area contributed by atoms with Crippen molar-refractivity contribution in [2.45, 2.75) is 5.09 Å². The molecule has 0 radical (unpaired) electrons. The van der Waals surface area contributed by atoms with Crippen LogP contribution >= 0.6 is 11.6 Å². The van der Waals surface area contributed by atoms with Crippen molar-refractivity contribution in [2.24, 2.45) is 0 Å². The van der Waals surface area contributed by atoms with E-state index in [1.807, 2.05) is 0 Å². The van der Waals surface area contributed by atoms with Gasteiger partial charge in [0.15, 0.2) is 5.69 Å². The van der Waals surface area contributed by atoms with E-state index in [9.17, 15) is 18.0 Å². The fraction of sp³-hybridized carbons (Fsp3) is 0.0625. The van der Waals surface area contributed by atoms with Gasteiger partial charge in [0.2, 0.25) is 10.9 Å². The number of hydrogen-bond donors (Lipinski definition) is 1. The number of hydrogen-bond acceptors (Lipinski definition) is 7. The number of aromatic nitrogens is 2. The molecule has 140 valence electrons. The highest BCUT2D eigenvalue weighted by Crippen LogP contribution is 2.21. The number of furan rings is 1. The molecule has 0 aliphatic heterocycles. The molecular formula is C16H12ClN3O6S. The molecule has 0 bridgehead atoms. The van der Waals surface area contributed by atoms with Crippen molar-refractivity contribution in [3.8, 4) is 0 Å². The Hall–Kier alpha value is -3.11. The van der Waals surface area contributed by atoms with Gasteiger partial charge < -0.3 is 14.5 Å². The van der Waals surface area contributed by atoms with Crippen molar-refractivity contribution in [2.75, 3.05) is 12.4 Å². The van der Waals surface area contributed by atoms with Gasteiger partial charge in [-0.15, -0.1) is 0 Å². The summed E-state index contributed by atoms with van der Waals surface area (Å²) in [5.74, 6) is -1.75. The van der Waals surface area contributed by atoms with E-state index in [-0.39, 0.29) is 11.5 Å². The van der Waals surface area contributed by atoms with Crippen LogP contribution in [0.1, 0.15) is 21.0 Å². The Kier molecular flexibility index (Phi) is 5.02. The maximum absolute atomic E-state index is 12.5. The molecule has 2 aromatic heterocycles. The quantitative estimate of drug-likeness (QED) is 0.642. The normalized spacial score (nSPS) is 11.2. The van der Waals surface area contributed by atoms with Gasteiger partial charge in [-0.2, -0.15) is 17.6 Å². The summed E-state index contributed by atoms with van der Waals surface area (Å²) in [6.07, 6.45) is 1.08. The Morgan fingerprint density at radius 1 is 1.19 bits per heavy atom. The monoisotopic (exact) mass is 409 g/mol. The van der Waals surface area contributed by atoms with Crippen LogP contribution in [0.25, 0.3) is 0 Å².